The quantitative estimate of drug-likeness (QED) is 0.740. The van der Waals surface area contributed by atoms with Crippen LogP contribution in [0.5, 0.6) is 0 Å². The molecule has 0 N–H and O–H groups in total. The average Bonchev–Trinajstić information content (AvgIpc) is 2.88. The van der Waals surface area contributed by atoms with Crippen LogP contribution in [0.25, 0.3) is 0 Å². The number of rotatable bonds is 2. The predicted octanol–water partition coefficient (Wildman–Crippen LogP) is 4.48. The first-order valence-electron chi connectivity index (χ1n) is 5.93. The van der Waals surface area contributed by atoms with Gasteiger partial charge in [0.2, 0.25) is 0 Å². The maximum atomic E-state index is 13.3. The van der Waals surface area contributed by atoms with Crippen LogP contribution in [0.4, 0.5) is 8.78 Å². The lowest BCUT2D eigenvalue weighted by atomic mass is 10.0. The number of benzene rings is 2. The van der Waals surface area contributed by atoms with Crippen molar-refractivity contribution in [2.75, 3.05) is 0 Å². The van der Waals surface area contributed by atoms with Crippen molar-refractivity contribution in [3.8, 4) is 0 Å². The Bertz CT molecular complexity index is 628. The Kier molecular flexibility index (Phi) is 3.37. The monoisotopic (exact) mass is 324 g/mol. The molecule has 0 aromatic heterocycles. The predicted molar refractivity (Wildman–Crippen MR) is 72.1 cm³/mol. The van der Waals surface area contributed by atoms with Crippen LogP contribution in [0.2, 0.25) is 0 Å². The van der Waals surface area contributed by atoms with Gasteiger partial charge in [0.05, 0.1) is 18.0 Å². The van der Waals surface area contributed by atoms with Crippen molar-refractivity contribution in [3.63, 3.8) is 0 Å². The Morgan fingerprint density at radius 3 is 2.37 bits per heavy atom. The second kappa shape index (κ2) is 5.02. The van der Waals surface area contributed by atoms with Crippen molar-refractivity contribution >= 4 is 15.9 Å². The van der Waals surface area contributed by atoms with Gasteiger partial charge < -0.3 is 4.74 Å². The van der Waals surface area contributed by atoms with Crippen LogP contribution in [0.15, 0.2) is 36.4 Å². The molecule has 0 saturated heterocycles. The third-order valence-corrected chi connectivity index (χ3v) is 4.33. The van der Waals surface area contributed by atoms with E-state index in [2.05, 4.69) is 15.9 Å². The van der Waals surface area contributed by atoms with Gasteiger partial charge in [-0.2, -0.15) is 0 Å². The molecule has 2 aromatic rings. The smallest absolute Gasteiger partial charge is 0.159 e. The zero-order chi connectivity index (χ0) is 13.4. The molecule has 1 atom stereocenters. The first kappa shape index (κ1) is 12.8. The number of halogens is 3. The summed E-state index contributed by atoms with van der Waals surface area (Å²) in [4.78, 5) is -0.159. The lowest BCUT2D eigenvalue weighted by Crippen LogP contribution is -1.96. The zero-order valence-corrected chi connectivity index (χ0v) is 11.6. The van der Waals surface area contributed by atoms with Crippen molar-refractivity contribution in [1.29, 1.82) is 0 Å². The highest BCUT2D eigenvalue weighted by Gasteiger charge is 2.17. The van der Waals surface area contributed by atoms with Crippen LogP contribution in [0.1, 0.15) is 27.1 Å². The van der Waals surface area contributed by atoms with E-state index in [0.717, 1.165) is 17.2 Å². The van der Waals surface area contributed by atoms with Crippen molar-refractivity contribution in [2.45, 2.75) is 18.0 Å². The van der Waals surface area contributed by atoms with Crippen LogP contribution < -0.4 is 0 Å². The molecule has 1 nitrogen and oxygen atoms in total. The highest BCUT2D eigenvalue weighted by molar-refractivity contribution is 9.09. The van der Waals surface area contributed by atoms with Gasteiger partial charge in [0.15, 0.2) is 11.6 Å². The fourth-order valence-corrected chi connectivity index (χ4v) is 2.78. The Hall–Kier alpha value is -1.26. The number of hydrogen-bond acceptors (Lipinski definition) is 1. The van der Waals surface area contributed by atoms with E-state index in [-0.39, 0.29) is 4.83 Å². The number of ether oxygens (including phenoxy) is 1. The largest absolute Gasteiger partial charge is 0.372 e. The molecule has 0 radical (unpaired) electrons. The van der Waals surface area contributed by atoms with Gasteiger partial charge in [-0.25, -0.2) is 8.78 Å². The Morgan fingerprint density at radius 2 is 1.58 bits per heavy atom. The highest BCUT2D eigenvalue weighted by atomic mass is 79.9. The second-order valence-electron chi connectivity index (χ2n) is 4.56. The third kappa shape index (κ3) is 2.42. The van der Waals surface area contributed by atoms with Crippen LogP contribution in [0, 0.1) is 11.6 Å². The molecule has 0 bridgehead atoms. The molecule has 1 heterocycles. The summed E-state index contributed by atoms with van der Waals surface area (Å²) >= 11 is 3.53. The minimum absolute atomic E-state index is 0.159. The maximum Gasteiger partial charge on any atom is 0.159 e. The van der Waals surface area contributed by atoms with E-state index in [9.17, 15) is 8.78 Å². The second-order valence-corrected chi connectivity index (χ2v) is 5.47. The number of hydrogen-bond donors (Lipinski definition) is 0. The summed E-state index contributed by atoms with van der Waals surface area (Å²) in [6.45, 7) is 1.26. The molecular formula is C15H11BrF2O. The molecule has 3 rings (SSSR count). The first-order chi connectivity index (χ1) is 9.15. The van der Waals surface area contributed by atoms with Crippen LogP contribution >= 0.6 is 15.9 Å². The average molecular weight is 325 g/mol. The summed E-state index contributed by atoms with van der Waals surface area (Å²) < 4.78 is 31.6. The summed E-state index contributed by atoms with van der Waals surface area (Å²) in [5.74, 6) is -1.66. The third-order valence-electron chi connectivity index (χ3n) is 3.27. The Balaban J connectivity index is 1.94. The standard InChI is InChI=1S/C15H11BrF2O/c16-15(10-3-4-13(17)14(18)6-10)9-1-2-11-7-19-8-12(11)5-9/h1-6,15H,7-8H2. The number of fused-ring (bicyclic) bond motifs is 1. The fraction of sp³-hybridized carbons (Fsp3) is 0.200. The number of alkyl halides is 1. The van der Waals surface area contributed by atoms with Gasteiger partial charge in [0.1, 0.15) is 0 Å². The van der Waals surface area contributed by atoms with Crippen LogP contribution in [-0.2, 0) is 18.0 Å². The van der Waals surface area contributed by atoms with Gasteiger partial charge in [0.25, 0.3) is 0 Å². The minimum atomic E-state index is -0.828. The summed E-state index contributed by atoms with van der Waals surface area (Å²) in [5.41, 5.74) is 4.05. The van der Waals surface area contributed by atoms with Crippen LogP contribution in [0.3, 0.4) is 0 Å². The van der Waals surface area contributed by atoms with Crippen molar-refractivity contribution < 1.29 is 13.5 Å². The lowest BCUT2D eigenvalue weighted by Gasteiger charge is -2.12. The molecule has 0 saturated carbocycles. The maximum absolute atomic E-state index is 13.3. The molecule has 0 aliphatic carbocycles. The minimum Gasteiger partial charge on any atom is -0.372 e. The molecule has 1 aliphatic rings. The van der Waals surface area contributed by atoms with Gasteiger partial charge in [-0.15, -0.1) is 0 Å². The van der Waals surface area contributed by atoms with E-state index in [0.29, 0.717) is 18.8 Å². The molecule has 19 heavy (non-hydrogen) atoms. The van der Waals surface area contributed by atoms with Crippen molar-refractivity contribution in [1.82, 2.24) is 0 Å². The highest BCUT2D eigenvalue weighted by Crippen LogP contribution is 2.33. The van der Waals surface area contributed by atoms with E-state index in [4.69, 9.17) is 4.74 Å². The van der Waals surface area contributed by atoms with Gasteiger partial charge in [-0.3, -0.25) is 0 Å². The van der Waals surface area contributed by atoms with Crippen LogP contribution in [-0.4, -0.2) is 0 Å². The molecule has 2 aromatic carbocycles. The lowest BCUT2D eigenvalue weighted by molar-refractivity contribution is 0.134. The van der Waals surface area contributed by atoms with Gasteiger partial charge in [-0.1, -0.05) is 40.2 Å². The van der Waals surface area contributed by atoms with E-state index in [1.807, 2.05) is 18.2 Å². The normalized spacial score (nSPS) is 15.3. The van der Waals surface area contributed by atoms with Crippen molar-refractivity contribution in [3.05, 3.63) is 70.3 Å². The molecule has 1 unspecified atom stereocenters. The molecule has 0 spiro atoms. The van der Waals surface area contributed by atoms with Gasteiger partial charge >= 0.3 is 0 Å². The molecule has 98 valence electrons. The zero-order valence-electron chi connectivity index (χ0n) is 10.00. The summed E-state index contributed by atoms with van der Waals surface area (Å²) in [7, 11) is 0. The molecule has 0 fully saturated rings. The van der Waals surface area contributed by atoms with E-state index < -0.39 is 11.6 Å². The van der Waals surface area contributed by atoms with Crippen molar-refractivity contribution in [2.24, 2.45) is 0 Å². The fourth-order valence-electron chi connectivity index (χ4n) is 2.21. The molecule has 4 heteroatoms. The topological polar surface area (TPSA) is 9.23 Å². The van der Waals surface area contributed by atoms with E-state index >= 15 is 0 Å². The SMILES string of the molecule is Fc1ccc(C(Br)c2ccc3c(c2)COC3)cc1F. The summed E-state index contributed by atoms with van der Waals surface area (Å²) in [5, 5.41) is 0. The first-order valence-corrected chi connectivity index (χ1v) is 6.85. The molecular weight excluding hydrogens is 314 g/mol. The van der Waals surface area contributed by atoms with Gasteiger partial charge in [-0.05, 0) is 34.4 Å². The van der Waals surface area contributed by atoms with E-state index in [1.165, 1.54) is 11.6 Å². The Labute approximate surface area is 118 Å². The Morgan fingerprint density at radius 1 is 0.895 bits per heavy atom. The van der Waals surface area contributed by atoms with Gasteiger partial charge in [0, 0.05) is 0 Å². The van der Waals surface area contributed by atoms with E-state index in [1.54, 1.807) is 6.07 Å². The molecule has 0 amide bonds. The summed E-state index contributed by atoms with van der Waals surface area (Å²) in [6.07, 6.45) is 0. The molecule has 1 aliphatic heterocycles. The summed E-state index contributed by atoms with van der Waals surface area (Å²) in [6, 6.07) is 10.00.